The normalized spacial score (nSPS) is 18.4. The first kappa shape index (κ1) is 23.9. The van der Waals surface area contributed by atoms with E-state index in [1.165, 1.54) is 12.1 Å². The number of anilines is 1. The van der Waals surface area contributed by atoms with E-state index in [1.807, 2.05) is 4.90 Å². The van der Waals surface area contributed by atoms with E-state index in [4.69, 9.17) is 0 Å². The molecule has 5 nitrogen and oxygen atoms in total. The molecule has 2 atom stereocenters. The van der Waals surface area contributed by atoms with Crippen molar-refractivity contribution in [3.63, 3.8) is 0 Å². The van der Waals surface area contributed by atoms with Gasteiger partial charge in [0.2, 0.25) is 0 Å². The van der Waals surface area contributed by atoms with Gasteiger partial charge in [-0.25, -0.2) is 8.78 Å². The van der Waals surface area contributed by atoms with Gasteiger partial charge < -0.3 is 15.5 Å². The Bertz CT molecular complexity index is 610. The molecule has 0 saturated carbocycles. The molecule has 2 N–H and O–H groups in total. The summed E-state index contributed by atoms with van der Waals surface area (Å²) >= 11 is 0. The van der Waals surface area contributed by atoms with Crippen molar-refractivity contribution in [2.75, 3.05) is 44.7 Å². The lowest BCUT2D eigenvalue weighted by Gasteiger charge is -2.27. The van der Waals surface area contributed by atoms with Crippen LogP contribution in [0.1, 0.15) is 27.2 Å². The van der Waals surface area contributed by atoms with Gasteiger partial charge in [0.15, 0.2) is 5.96 Å². The number of nitrogens with zero attached hydrogens (tertiary/aromatic N) is 3. The van der Waals surface area contributed by atoms with E-state index in [0.29, 0.717) is 18.3 Å². The summed E-state index contributed by atoms with van der Waals surface area (Å²) in [5, 5.41) is 6.78. The second-order valence-electron chi connectivity index (χ2n) is 6.70. The van der Waals surface area contributed by atoms with Crippen LogP contribution in [0.3, 0.4) is 0 Å². The standard InChI is InChI=1S/C19H31F2N5.HI/c1-5-25(6-2)14(3)12-23-19(22-4)24-16-9-10-26(13-16)18-8-7-15(20)11-17(18)21;/h7-8,11,14,16H,5-6,9-10,12-13H2,1-4H3,(H2,22,23,24);1H. The lowest BCUT2D eigenvalue weighted by molar-refractivity contribution is 0.231. The van der Waals surface area contributed by atoms with Gasteiger partial charge in [0.05, 0.1) is 5.69 Å². The zero-order valence-corrected chi connectivity index (χ0v) is 19.0. The van der Waals surface area contributed by atoms with E-state index in [1.54, 1.807) is 7.05 Å². The molecule has 27 heavy (non-hydrogen) atoms. The van der Waals surface area contributed by atoms with Crippen molar-refractivity contribution in [1.29, 1.82) is 0 Å². The molecular weight excluding hydrogens is 463 g/mol. The van der Waals surface area contributed by atoms with Gasteiger partial charge in [0, 0.05) is 44.8 Å². The number of halogens is 3. The van der Waals surface area contributed by atoms with Gasteiger partial charge >= 0.3 is 0 Å². The number of hydrogen-bond acceptors (Lipinski definition) is 3. The van der Waals surface area contributed by atoms with Crippen LogP contribution in [0, 0.1) is 11.6 Å². The fourth-order valence-corrected chi connectivity index (χ4v) is 3.44. The number of benzene rings is 1. The summed E-state index contributed by atoms with van der Waals surface area (Å²) in [5.74, 6) is -0.302. The lowest BCUT2D eigenvalue weighted by atomic mass is 10.2. The Balaban J connectivity index is 0.00000364. The first-order valence-corrected chi connectivity index (χ1v) is 9.39. The third-order valence-electron chi connectivity index (χ3n) is 5.00. The Morgan fingerprint density at radius 3 is 2.63 bits per heavy atom. The second-order valence-corrected chi connectivity index (χ2v) is 6.70. The summed E-state index contributed by atoms with van der Waals surface area (Å²) in [5.41, 5.74) is 0.453. The molecule has 0 radical (unpaired) electrons. The van der Waals surface area contributed by atoms with Crippen LogP contribution in [0.5, 0.6) is 0 Å². The van der Waals surface area contributed by atoms with Crippen molar-refractivity contribution in [3.8, 4) is 0 Å². The van der Waals surface area contributed by atoms with Gasteiger partial charge in [-0.3, -0.25) is 9.89 Å². The summed E-state index contributed by atoms with van der Waals surface area (Å²) < 4.78 is 27.1. The Labute approximate surface area is 178 Å². The maximum absolute atomic E-state index is 14.0. The minimum Gasteiger partial charge on any atom is -0.367 e. The smallest absolute Gasteiger partial charge is 0.191 e. The molecule has 1 fully saturated rings. The molecular formula is C19H32F2IN5. The molecule has 0 amide bonds. The van der Waals surface area contributed by atoms with E-state index >= 15 is 0 Å². The van der Waals surface area contributed by atoms with Gasteiger partial charge in [-0.1, -0.05) is 13.8 Å². The van der Waals surface area contributed by atoms with Crippen LogP contribution in [0.15, 0.2) is 23.2 Å². The van der Waals surface area contributed by atoms with Crippen LogP contribution in [0.2, 0.25) is 0 Å². The average Bonchev–Trinajstić information content (AvgIpc) is 3.07. The largest absolute Gasteiger partial charge is 0.367 e. The SMILES string of the molecule is CCN(CC)C(C)CNC(=NC)NC1CCN(c2ccc(F)cc2F)C1.I. The zero-order valence-electron chi connectivity index (χ0n) is 16.6. The van der Waals surface area contributed by atoms with E-state index in [9.17, 15) is 8.78 Å². The highest BCUT2D eigenvalue weighted by molar-refractivity contribution is 14.0. The fraction of sp³-hybridized carbons (Fsp3) is 0.632. The minimum atomic E-state index is -0.549. The molecule has 1 aromatic rings. The number of guanidine groups is 1. The van der Waals surface area contributed by atoms with Crippen molar-refractivity contribution < 1.29 is 8.78 Å². The Morgan fingerprint density at radius 1 is 1.33 bits per heavy atom. The van der Waals surface area contributed by atoms with Gasteiger partial charge in [0.1, 0.15) is 11.6 Å². The predicted molar refractivity (Wildman–Crippen MR) is 119 cm³/mol. The van der Waals surface area contributed by atoms with E-state index < -0.39 is 11.6 Å². The number of rotatable bonds is 7. The van der Waals surface area contributed by atoms with Crippen LogP contribution in [0.4, 0.5) is 14.5 Å². The molecule has 2 rings (SSSR count). The molecule has 0 spiro atoms. The van der Waals surface area contributed by atoms with Crippen molar-refractivity contribution in [1.82, 2.24) is 15.5 Å². The van der Waals surface area contributed by atoms with Crippen molar-refractivity contribution in [2.24, 2.45) is 4.99 Å². The molecule has 0 aromatic heterocycles. The van der Waals surface area contributed by atoms with Crippen LogP contribution in [-0.4, -0.2) is 62.7 Å². The number of likely N-dealkylation sites (N-methyl/N-ethyl adjacent to an activating group) is 1. The molecule has 1 aliphatic rings. The van der Waals surface area contributed by atoms with Crippen molar-refractivity contribution >= 4 is 35.6 Å². The molecule has 8 heteroatoms. The number of aliphatic imine (C=N–C) groups is 1. The van der Waals surface area contributed by atoms with Gasteiger partial charge in [-0.2, -0.15) is 0 Å². The third-order valence-corrected chi connectivity index (χ3v) is 5.00. The maximum atomic E-state index is 14.0. The monoisotopic (exact) mass is 495 g/mol. The number of nitrogens with one attached hydrogen (secondary N) is 2. The summed E-state index contributed by atoms with van der Waals surface area (Å²) in [6.07, 6.45) is 0.878. The number of hydrogen-bond donors (Lipinski definition) is 2. The molecule has 0 bridgehead atoms. The Morgan fingerprint density at radius 2 is 2.04 bits per heavy atom. The first-order valence-electron chi connectivity index (χ1n) is 9.39. The molecule has 1 aliphatic heterocycles. The molecule has 0 aliphatic carbocycles. The zero-order chi connectivity index (χ0) is 19.1. The summed E-state index contributed by atoms with van der Waals surface area (Å²) in [4.78, 5) is 8.62. The van der Waals surface area contributed by atoms with Crippen molar-refractivity contribution in [2.45, 2.75) is 39.3 Å². The van der Waals surface area contributed by atoms with Crippen molar-refractivity contribution in [3.05, 3.63) is 29.8 Å². The Kier molecular flexibility index (Phi) is 10.3. The summed E-state index contributed by atoms with van der Waals surface area (Å²) in [6.45, 7) is 10.8. The minimum absolute atomic E-state index is 0. The molecule has 1 heterocycles. The molecule has 1 aromatic carbocycles. The Hall–Kier alpha value is -1.16. The van der Waals surface area contributed by atoms with Crippen LogP contribution in [-0.2, 0) is 0 Å². The maximum Gasteiger partial charge on any atom is 0.191 e. The van der Waals surface area contributed by atoms with Gasteiger partial charge in [-0.05, 0) is 38.6 Å². The van der Waals surface area contributed by atoms with E-state index in [-0.39, 0.29) is 30.0 Å². The second kappa shape index (κ2) is 11.6. The lowest BCUT2D eigenvalue weighted by Crippen LogP contribution is -2.49. The molecule has 154 valence electrons. The highest BCUT2D eigenvalue weighted by Crippen LogP contribution is 2.24. The topological polar surface area (TPSA) is 42.9 Å². The molecule has 2 unspecified atom stereocenters. The summed E-state index contributed by atoms with van der Waals surface area (Å²) in [7, 11) is 1.75. The quantitative estimate of drug-likeness (QED) is 0.347. The van der Waals surface area contributed by atoms with Gasteiger partial charge in [0.25, 0.3) is 0 Å². The van der Waals surface area contributed by atoms with Gasteiger partial charge in [-0.15, -0.1) is 24.0 Å². The first-order chi connectivity index (χ1) is 12.5. The summed E-state index contributed by atoms with van der Waals surface area (Å²) in [6, 6.07) is 4.33. The highest BCUT2D eigenvalue weighted by atomic mass is 127. The third kappa shape index (κ3) is 6.74. The van der Waals surface area contributed by atoms with Crippen LogP contribution >= 0.6 is 24.0 Å². The highest BCUT2D eigenvalue weighted by Gasteiger charge is 2.25. The van der Waals surface area contributed by atoms with Crippen LogP contribution < -0.4 is 15.5 Å². The van der Waals surface area contributed by atoms with E-state index in [0.717, 1.165) is 44.6 Å². The average molecular weight is 495 g/mol. The van der Waals surface area contributed by atoms with Crippen LogP contribution in [0.25, 0.3) is 0 Å². The molecule has 1 saturated heterocycles. The van der Waals surface area contributed by atoms with E-state index in [2.05, 4.69) is 41.3 Å². The predicted octanol–water partition coefficient (Wildman–Crippen LogP) is 3.06. The fourth-order valence-electron chi connectivity index (χ4n) is 3.44.